The standard InChI is InChI=1S/C16H16FN3O6S/c1-9-12(10(2)26-19-9)7-27-8-16(22)25-6-15(21)18-11-3-4-13(17)14(5-11)20(23)24/h3-5H,6-8H2,1-2H3,(H,18,21). The molecule has 0 saturated carbocycles. The monoisotopic (exact) mass is 397 g/mol. The van der Waals surface area contributed by atoms with E-state index >= 15 is 0 Å². The summed E-state index contributed by atoms with van der Waals surface area (Å²) in [5.41, 5.74) is 0.919. The molecule has 11 heteroatoms. The van der Waals surface area contributed by atoms with E-state index in [1.165, 1.54) is 17.8 Å². The fourth-order valence-electron chi connectivity index (χ4n) is 2.06. The van der Waals surface area contributed by atoms with Crippen LogP contribution in [0.4, 0.5) is 15.8 Å². The van der Waals surface area contributed by atoms with E-state index in [0.29, 0.717) is 11.5 Å². The molecule has 0 aliphatic rings. The molecule has 2 aromatic rings. The Bertz CT molecular complexity index is 850. The van der Waals surface area contributed by atoms with Gasteiger partial charge in [0, 0.05) is 23.1 Å². The number of ether oxygens (including phenoxy) is 1. The summed E-state index contributed by atoms with van der Waals surface area (Å²) in [7, 11) is 0. The van der Waals surface area contributed by atoms with Crippen molar-refractivity contribution in [3.8, 4) is 0 Å². The van der Waals surface area contributed by atoms with Gasteiger partial charge in [0.1, 0.15) is 5.76 Å². The fraction of sp³-hybridized carbons (Fsp3) is 0.312. The first-order valence-corrected chi connectivity index (χ1v) is 8.82. The molecule has 0 saturated heterocycles. The summed E-state index contributed by atoms with van der Waals surface area (Å²) in [5, 5.41) is 16.8. The topological polar surface area (TPSA) is 125 Å². The van der Waals surface area contributed by atoms with E-state index in [4.69, 9.17) is 9.26 Å². The van der Waals surface area contributed by atoms with Crippen molar-refractivity contribution in [2.75, 3.05) is 17.7 Å². The van der Waals surface area contributed by atoms with Crippen molar-refractivity contribution in [3.05, 3.63) is 51.1 Å². The van der Waals surface area contributed by atoms with Crippen molar-refractivity contribution in [2.45, 2.75) is 19.6 Å². The molecule has 0 spiro atoms. The van der Waals surface area contributed by atoms with Crippen LogP contribution in [0, 0.1) is 29.8 Å². The van der Waals surface area contributed by atoms with Crippen LogP contribution in [0.25, 0.3) is 0 Å². The first-order chi connectivity index (χ1) is 12.8. The van der Waals surface area contributed by atoms with Gasteiger partial charge >= 0.3 is 11.7 Å². The Morgan fingerprint density at radius 3 is 2.78 bits per heavy atom. The van der Waals surface area contributed by atoms with Crippen LogP contribution in [0.2, 0.25) is 0 Å². The zero-order valence-electron chi connectivity index (χ0n) is 14.5. The molecule has 1 aromatic heterocycles. The van der Waals surface area contributed by atoms with Gasteiger partial charge in [0.2, 0.25) is 5.82 Å². The molecule has 0 fully saturated rings. The number of nitrogens with one attached hydrogen (secondary N) is 1. The number of thioether (sulfide) groups is 1. The maximum atomic E-state index is 13.2. The lowest BCUT2D eigenvalue weighted by molar-refractivity contribution is -0.387. The smallest absolute Gasteiger partial charge is 0.316 e. The average Bonchev–Trinajstić information content (AvgIpc) is 2.93. The van der Waals surface area contributed by atoms with Gasteiger partial charge in [-0.1, -0.05) is 5.16 Å². The van der Waals surface area contributed by atoms with Crippen molar-refractivity contribution in [1.29, 1.82) is 0 Å². The zero-order chi connectivity index (χ0) is 20.0. The predicted molar refractivity (Wildman–Crippen MR) is 94.8 cm³/mol. The van der Waals surface area contributed by atoms with Gasteiger partial charge in [-0.15, -0.1) is 11.8 Å². The highest BCUT2D eigenvalue weighted by Gasteiger charge is 2.16. The van der Waals surface area contributed by atoms with E-state index in [9.17, 15) is 24.1 Å². The largest absolute Gasteiger partial charge is 0.455 e. The number of nitrogens with zero attached hydrogens (tertiary/aromatic N) is 2. The van der Waals surface area contributed by atoms with Crippen LogP contribution >= 0.6 is 11.8 Å². The van der Waals surface area contributed by atoms with E-state index in [1.54, 1.807) is 13.8 Å². The Balaban J connectivity index is 1.76. The molecule has 0 aliphatic heterocycles. The fourth-order valence-corrected chi connectivity index (χ4v) is 3.03. The maximum absolute atomic E-state index is 13.2. The third-order valence-electron chi connectivity index (χ3n) is 3.44. The van der Waals surface area contributed by atoms with Crippen LogP contribution in [0.1, 0.15) is 17.0 Å². The third-order valence-corrected chi connectivity index (χ3v) is 4.37. The van der Waals surface area contributed by atoms with Crippen molar-refractivity contribution in [3.63, 3.8) is 0 Å². The van der Waals surface area contributed by atoms with Crippen LogP contribution in [0.3, 0.4) is 0 Å². The number of carbonyl (C=O) groups excluding carboxylic acids is 2. The van der Waals surface area contributed by atoms with E-state index in [-0.39, 0.29) is 11.4 Å². The molecule has 2 rings (SSSR count). The van der Waals surface area contributed by atoms with Crippen LogP contribution in [-0.4, -0.2) is 34.3 Å². The third kappa shape index (κ3) is 5.78. The lowest BCUT2D eigenvalue weighted by Crippen LogP contribution is -2.21. The molecule has 1 amide bonds. The van der Waals surface area contributed by atoms with Crippen molar-refractivity contribution >= 4 is 35.0 Å². The number of nitro benzene ring substituents is 1. The van der Waals surface area contributed by atoms with Crippen LogP contribution < -0.4 is 5.32 Å². The molecule has 0 atom stereocenters. The average molecular weight is 397 g/mol. The minimum Gasteiger partial charge on any atom is -0.455 e. The van der Waals surface area contributed by atoms with Gasteiger partial charge in [-0.05, 0) is 26.0 Å². The van der Waals surface area contributed by atoms with Gasteiger partial charge < -0.3 is 14.6 Å². The summed E-state index contributed by atoms with van der Waals surface area (Å²) in [6.45, 7) is 3.02. The van der Waals surface area contributed by atoms with Gasteiger partial charge in [-0.2, -0.15) is 4.39 Å². The van der Waals surface area contributed by atoms with Crippen molar-refractivity contribution < 1.29 is 28.2 Å². The molecule has 1 N–H and O–H groups in total. The van der Waals surface area contributed by atoms with E-state index in [2.05, 4.69) is 10.5 Å². The molecule has 1 aromatic carbocycles. The first-order valence-electron chi connectivity index (χ1n) is 7.67. The zero-order valence-corrected chi connectivity index (χ0v) is 15.3. The quantitative estimate of drug-likeness (QED) is 0.409. The number of amides is 1. The Morgan fingerprint density at radius 2 is 2.15 bits per heavy atom. The number of carbonyl (C=O) groups is 2. The number of rotatable bonds is 8. The SMILES string of the molecule is Cc1noc(C)c1CSCC(=O)OCC(=O)Nc1ccc(F)c([N+](=O)[O-])c1. The van der Waals surface area contributed by atoms with E-state index < -0.39 is 34.9 Å². The number of esters is 1. The normalized spacial score (nSPS) is 10.5. The van der Waals surface area contributed by atoms with E-state index in [1.807, 2.05) is 0 Å². The first kappa shape index (κ1) is 20.4. The number of halogens is 1. The highest BCUT2D eigenvalue weighted by Crippen LogP contribution is 2.22. The molecular weight excluding hydrogens is 381 g/mol. The van der Waals surface area contributed by atoms with Gasteiger partial charge in [0.15, 0.2) is 6.61 Å². The number of nitro groups is 1. The van der Waals surface area contributed by atoms with Crippen molar-refractivity contribution in [2.24, 2.45) is 0 Å². The Kier molecular flexibility index (Phi) is 6.88. The Labute approximate surface area is 157 Å². The van der Waals surface area contributed by atoms with E-state index in [0.717, 1.165) is 23.4 Å². The highest BCUT2D eigenvalue weighted by atomic mass is 32.2. The summed E-state index contributed by atoms with van der Waals surface area (Å²) < 4.78 is 23.1. The second kappa shape index (κ2) is 9.12. The van der Waals surface area contributed by atoms with Crippen LogP contribution in [0.5, 0.6) is 0 Å². The molecule has 144 valence electrons. The number of hydrogen-bond donors (Lipinski definition) is 1. The highest BCUT2D eigenvalue weighted by molar-refractivity contribution is 7.99. The molecule has 9 nitrogen and oxygen atoms in total. The summed E-state index contributed by atoms with van der Waals surface area (Å²) in [6.07, 6.45) is 0. The number of hydrogen-bond acceptors (Lipinski definition) is 8. The number of benzene rings is 1. The summed E-state index contributed by atoms with van der Waals surface area (Å²) in [6, 6.07) is 2.92. The summed E-state index contributed by atoms with van der Waals surface area (Å²) >= 11 is 1.29. The molecule has 0 bridgehead atoms. The second-order valence-electron chi connectivity index (χ2n) is 5.43. The van der Waals surface area contributed by atoms with Gasteiger partial charge in [0.25, 0.3) is 5.91 Å². The summed E-state index contributed by atoms with van der Waals surface area (Å²) in [4.78, 5) is 33.2. The van der Waals surface area contributed by atoms with Crippen LogP contribution in [0.15, 0.2) is 22.7 Å². The molecule has 1 heterocycles. The number of anilines is 1. The Hall–Kier alpha value is -2.95. The molecule has 27 heavy (non-hydrogen) atoms. The predicted octanol–water partition coefficient (Wildman–Crippen LogP) is 2.75. The van der Waals surface area contributed by atoms with Gasteiger partial charge in [0.05, 0.1) is 16.4 Å². The maximum Gasteiger partial charge on any atom is 0.316 e. The summed E-state index contributed by atoms with van der Waals surface area (Å²) in [5.74, 6) is -1.07. The Morgan fingerprint density at radius 1 is 1.41 bits per heavy atom. The minimum atomic E-state index is -1.01. The van der Waals surface area contributed by atoms with Crippen LogP contribution in [-0.2, 0) is 20.1 Å². The number of aryl methyl sites for hydroxylation is 2. The minimum absolute atomic E-state index is 0.0249. The molecule has 0 unspecified atom stereocenters. The lowest BCUT2D eigenvalue weighted by Gasteiger charge is -2.07. The molecule has 0 radical (unpaired) electrons. The second-order valence-corrected chi connectivity index (χ2v) is 6.41. The molecular formula is C16H16FN3O6S. The lowest BCUT2D eigenvalue weighted by atomic mass is 10.2. The van der Waals surface area contributed by atoms with Gasteiger partial charge in [-0.3, -0.25) is 19.7 Å². The van der Waals surface area contributed by atoms with Crippen molar-refractivity contribution in [1.82, 2.24) is 5.16 Å². The number of aromatic nitrogens is 1. The van der Waals surface area contributed by atoms with Gasteiger partial charge in [-0.25, -0.2) is 0 Å². The molecule has 0 aliphatic carbocycles.